The van der Waals surface area contributed by atoms with Crippen LogP contribution in [0.3, 0.4) is 0 Å². The van der Waals surface area contributed by atoms with Gasteiger partial charge >= 0.3 is 0 Å². The summed E-state index contributed by atoms with van der Waals surface area (Å²) < 4.78 is 6.07. The van der Waals surface area contributed by atoms with Gasteiger partial charge in [-0.25, -0.2) is 4.98 Å². The summed E-state index contributed by atoms with van der Waals surface area (Å²) in [6, 6.07) is 0.369. The highest BCUT2D eigenvalue weighted by Crippen LogP contribution is 2.30. The molecule has 1 aromatic rings. The Morgan fingerprint density at radius 3 is 2.94 bits per heavy atom. The number of hydrogen-bond acceptors (Lipinski definition) is 4. The Balaban J connectivity index is 2.06. The third kappa shape index (κ3) is 3.31. The highest BCUT2D eigenvalue weighted by molar-refractivity contribution is 7.09. The number of aromatic nitrogens is 1. The van der Waals surface area contributed by atoms with Crippen LogP contribution in [0.4, 0.5) is 0 Å². The molecule has 3 nitrogen and oxygen atoms in total. The van der Waals surface area contributed by atoms with Gasteiger partial charge < -0.3 is 10.1 Å². The van der Waals surface area contributed by atoms with E-state index < -0.39 is 0 Å². The van der Waals surface area contributed by atoms with E-state index in [-0.39, 0.29) is 5.60 Å². The van der Waals surface area contributed by atoms with E-state index in [2.05, 4.69) is 36.5 Å². The zero-order chi connectivity index (χ0) is 13.0. The molecule has 102 valence electrons. The summed E-state index contributed by atoms with van der Waals surface area (Å²) >= 11 is 1.76. The van der Waals surface area contributed by atoms with E-state index in [1.807, 2.05) is 0 Å². The van der Waals surface area contributed by atoms with Gasteiger partial charge in [0.2, 0.25) is 0 Å². The molecule has 0 bridgehead atoms. The molecule has 0 aliphatic carbocycles. The van der Waals surface area contributed by atoms with Crippen molar-refractivity contribution in [1.82, 2.24) is 10.3 Å². The lowest BCUT2D eigenvalue weighted by molar-refractivity contribution is -0.0881. The molecule has 0 spiro atoms. The van der Waals surface area contributed by atoms with E-state index in [0.717, 1.165) is 31.7 Å². The largest absolute Gasteiger partial charge is 0.374 e. The molecule has 2 heterocycles. The second kappa shape index (κ2) is 6.13. The molecule has 0 amide bonds. The van der Waals surface area contributed by atoms with Gasteiger partial charge in [0.15, 0.2) is 0 Å². The van der Waals surface area contributed by atoms with Gasteiger partial charge in [0.25, 0.3) is 0 Å². The van der Waals surface area contributed by atoms with Crippen LogP contribution in [-0.2, 0) is 11.2 Å². The van der Waals surface area contributed by atoms with Crippen LogP contribution in [0.25, 0.3) is 0 Å². The minimum atomic E-state index is -0.0339. The molecule has 2 rings (SSSR count). The molecule has 1 N–H and O–H groups in total. The Hall–Kier alpha value is -0.450. The van der Waals surface area contributed by atoms with Gasteiger partial charge in [0, 0.05) is 30.1 Å². The number of nitrogens with zero attached hydrogens (tertiary/aromatic N) is 1. The highest BCUT2D eigenvalue weighted by atomic mass is 32.1. The zero-order valence-corrected chi connectivity index (χ0v) is 12.5. The minimum Gasteiger partial charge on any atom is -0.374 e. The molecule has 0 saturated carbocycles. The van der Waals surface area contributed by atoms with Crippen molar-refractivity contribution in [3.63, 3.8) is 0 Å². The van der Waals surface area contributed by atoms with Gasteiger partial charge in [-0.2, -0.15) is 0 Å². The Kier molecular flexibility index (Phi) is 4.76. The molecule has 1 fully saturated rings. The second-order valence-electron chi connectivity index (χ2n) is 5.32. The van der Waals surface area contributed by atoms with Crippen molar-refractivity contribution in [2.45, 2.75) is 58.1 Å². The van der Waals surface area contributed by atoms with Gasteiger partial charge in [0.1, 0.15) is 0 Å². The SMILES string of the molecule is CCNC(Cc1nc(C)cs1)C1(C)CCCCO1. The summed E-state index contributed by atoms with van der Waals surface area (Å²) in [6.07, 6.45) is 4.60. The summed E-state index contributed by atoms with van der Waals surface area (Å²) in [5.74, 6) is 0. The number of rotatable bonds is 5. The summed E-state index contributed by atoms with van der Waals surface area (Å²) in [5, 5.41) is 6.94. The third-order valence-corrected chi connectivity index (χ3v) is 4.72. The van der Waals surface area contributed by atoms with Crippen molar-refractivity contribution in [2.24, 2.45) is 0 Å². The standard InChI is InChI=1S/C14H24N2OS/c1-4-15-12(9-13-16-11(2)10-18-13)14(3)7-5-6-8-17-14/h10,12,15H,4-9H2,1-3H3. The predicted octanol–water partition coefficient (Wildman–Crippen LogP) is 2.93. The lowest BCUT2D eigenvalue weighted by atomic mass is 9.86. The van der Waals surface area contributed by atoms with Crippen LogP contribution in [-0.4, -0.2) is 29.8 Å². The van der Waals surface area contributed by atoms with Crippen LogP contribution in [0.2, 0.25) is 0 Å². The van der Waals surface area contributed by atoms with Gasteiger partial charge in [-0.1, -0.05) is 6.92 Å². The van der Waals surface area contributed by atoms with E-state index in [4.69, 9.17) is 4.74 Å². The molecule has 18 heavy (non-hydrogen) atoms. The molecular weight excluding hydrogens is 244 g/mol. The lowest BCUT2D eigenvalue weighted by Gasteiger charge is -2.40. The lowest BCUT2D eigenvalue weighted by Crippen LogP contribution is -2.53. The third-order valence-electron chi connectivity index (χ3n) is 3.73. The molecule has 2 unspecified atom stereocenters. The number of likely N-dealkylation sites (N-methyl/N-ethyl adjacent to an activating group) is 1. The van der Waals surface area contributed by atoms with E-state index in [1.54, 1.807) is 11.3 Å². The molecule has 1 saturated heterocycles. The number of thiazole rings is 1. The quantitative estimate of drug-likeness (QED) is 0.891. The maximum absolute atomic E-state index is 6.07. The maximum atomic E-state index is 6.07. The van der Waals surface area contributed by atoms with Crippen molar-refractivity contribution in [3.8, 4) is 0 Å². The fourth-order valence-electron chi connectivity index (χ4n) is 2.65. The summed E-state index contributed by atoms with van der Waals surface area (Å²) in [5.41, 5.74) is 1.09. The molecule has 4 heteroatoms. The minimum absolute atomic E-state index is 0.0339. The molecule has 1 aliphatic heterocycles. The van der Waals surface area contributed by atoms with Gasteiger partial charge in [0.05, 0.1) is 10.6 Å². The van der Waals surface area contributed by atoms with E-state index in [9.17, 15) is 0 Å². The van der Waals surface area contributed by atoms with Gasteiger partial charge in [-0.15, -0.1) is 11.3 Å². The van der Waals surface area contributed by atoms with Crippen LogP contribution in [0.15, 0.2) is 5.38 Å². The van der Waals surface area contributed by atoms with Crippen LogP contribution in [0.5, 0.6) is 0 Å². The summed E-state index contributed by atoms with van der Waals surface area (Å²) in [6.45, 7) is 8.34. The average molecular weight is 268 g/mol. The first kappa shape index (κ1) is 14.0. The first-order valence-corrected chi connectivity index (χ1v) is 7.80. The molecule has 1 aliphatic rings. The van der Waals surface area contributed by atoms with E-state index in [0.29, 0.717) is 6.04 Å². The second-order valence-corrected chi connectivity index (χ2v) is 6.26. The Morgan fingerprint density at radius 2 is 2.39 bits per heavy atom. The monoisotopic (exact) mass is 268 g/mol. The molecule has 0 radical (unpaired) electrons. The number of aryl methyl sites for hydroxylation is 1. The average Bonchev–Trinajstić information content (AvgIpc) is 2.75. The van der Waals surface area contributed by atoms with Crippen molar-refractivity contribution in [3.05, 3.63) is 16.1 Å². The number of nitrogens with one attached hydrogen (secondary N) is 1. The topological polar surface area (TPSA) is 34.2 Å². The van der Waals surface area contributed by atoms with Crippen LogP contribution in [0, 0.1) is 6.92 Å². The van der Waals surface area contributed by atoms with E-state index in [1.165, 1.54) is 17.8 Å². The number of hydrogen-bond donors (Lipinski definition) is 1. The molecule has 2 atom stereocenters. The predicted molar refractivity (Wildman–Crippen MR) is 76.2 cm³/mol. The zero-order valence-electron chi connectivity index (χ0n) is 11.7. The Labute approximate surface area is 114 Å². The molecule has 0 aromatic carbocycles. The van der Waals surface area contributed by atoms with Crippen molar-refractivity contribution >= 4 is 11.3 Å². The molecular formula is C14H24N2OS. The fraction of sp³-hybridized carbons (Fsp3) is 0.786. The maximum Gasteiger partial charge on any atom is 0.0944 e. The Bertz CT molecular complexity index is 372. The first-order valence-electron chi connectivity index (χ1n) is 6.92. The van der Waals surface area contributed by atoms with E-state index >= 15 is 0 Å². The van der Waals surface area contributed by atoms with Crippen LogP contribution < -0.4 is 5.32 Å². The molecule has 1 aromatic heterocycles. The normalized spacial score (nSPS) is 26.2. The van der Waals surface area contributed by atoms with Gasteiger partial charge in [-0.3, -0.25) is 0 Å². The van der Waals surface area contributed by atoms with Crippen molar-refractivity contribution < 1.29 is 4.74 Å². The fourth-order valence-corrected chi connectivity index (χ4v) is 3.47. The van der Waals surface area contributed by atoms with Crippen LogP contribution >= 0.6 is 11.3 Å². The number of ether oxygens (including phenoxy) is 1. The first-order chi connectivity index (χ1) is 8.64. The summed E-state index contributed by atoms with van der Waals surface area (Å²) in [7, 11) is 0. The summed E-state index contributed by atoms with van der Waals surface area (Å²) in [4.78, 5) is 4.58. The Morgan fingerprint density at radius 1 is 1.56 bits per heavy atom. The van der Waals surface area contributed by atoms with Crippen LogP contribution in [0.1, 0.15) is 43.8 Å². The van der Waals surface area contributed by atoms with Crippen molar-refractivity contribution in [2.75, 3.05) is 13.2 Å². The van der Waals surface area contributed by atoms with Crippen molar-refractivity contribution in [1.29, 1.82) is 0 Å². The smallest absolute Gasteiger partial charge is 0.0944 e. The van der Waals surface area contributed by atoms with Gasteiger partial charge in [-0.05, 0) is 39.7 Å². The highest BCUT2D eigenvalue weighted by Gasteiger charge is 2.36.